The maximum atomic E-state index is 12.5. The summed E-state index contributed by atoms with van der Waals surface area (Å²) in [5.41, 5.74) is 0.0877. The van der Waals surface area contributed by atoms with Gasteiger partial charge in [0.2, 0.25) is 0 Å². The standard InChI is InChI=1S/C13H17N3O5/c1-3-14-6-9(16(20)21)4-11(14)12(17)15-5-8(2)10(7-15)13(18)19/h4,6,8,10H,3,5,7H2,1-2H3,(H,18,19). The predicted molar refractivity (Wildman–Crippen MR) is 73.0 cm³/mol. The third kappa shape index (κ3) is 2.74. The number of nitrogens with zero attached hydrogens (tertiary/aromatic N) is 3. The number of nitro groups is 1. The summed E-state index contributed by atoms with van der Waals surface area (Å²) in [6, 6.07) is 1.24. The Bertz CT molecular complexity index is 595. The maximum absolute atomic E-state index is 12.5. The Kier molecular flexibility index (Phi) is 3.97. The van der Waals surface area contributed by atoms with Crippen LogP contribution in [0.2, 0.25) is 0 Å². The van der Waals surface area contributed by atoms with Gasteiger partial charge in [-0.1, -0.05) is 6.92 Å². The zero-order valence-corrected chi connectivity index (χ0v) is 11.9. The van der Waals surface area contributed by atoms with Crippen molar-refractivity contribution in [2.24, 2.45) is 11.8 Å². The van der Waals surface area contributed by atoms with E-state index in [2.05, 4.69) is 0 Å². The first-order chi connectivity index (χ1) is 9.85. The molecule has 1 saturated heterocycles. The van der Waals surface area contributed by atoms with Gasteiger partial charge >= 0.3 is 5.97 Å². The van der Waals surface area contributed by atoms with Crippen LogP contribution in [0.25, 0.3) is 0 Å². The molecule has 1 aliphatic rings. The lowest BCUT2D eigenvalue weighted by Gasteiger charge is -2.16. The van der Waals surface area contributed by atoms with Gasteiger partial charge in [0.05, 0.1) is 17.0 Å². The Labute approximate surface area is 121 Å². The Morgan fingerprint density at radius 1 is 1.48 bits per heavy atom. The predicted octanol–water partition coefficient (Wildman–Crippen LogP) is 1.21. The molecule has 8 heteroatoms. The molecule has 1 fully saturated rings. The topological polar surface area (TPSA) is 106 Å². The number of carboxylic acids is 1. The monoisotopic (exact) mass is 295 g/mol. The zero-order chi connectivity index (χ0) is 15.7. The van der Waals surface area contributed by atoms with Crippen molar-refractivity contribution in [3.8, 4) is 0 Å². The molecule has 21 heavy (non-hydrogen) atoms. The molecule has 1 aliphatic heterocycles. The van der Waals surface area contributed by atoms with Crippen molar-refractivity contribution >= 4 is 17.6 Å². The molecule has 2 unspecified atom stereocenters. The van der Waals surface area contributed by atoms with Gasteiger partial charge in [0, 0.05) is 25.7 Å². The van der Waals surface area contributed by atoms with Gasteiger partial charge in [0.15, 0.2) is 0 Å². The van der Waals surface area contributed by atoms with Crippen LogP contribution < -0.4 is 0 Å². The number of carbonyl (C=O) groups excluding carboxylic acids is 1. The smallest absolute Gasteiger partial charge is 0.308 e. The van der Waals surface area contributed by atoms with Gasteiger partial charge in [-0.05, 0) is 12.8 Å². The molecular formula is C13H17N3O5. The number of amides is 1. The van der Waals surface area contributed by atoms with Crippen LogP contribution in [-0.2, 0) is 11.3 Å². The molecule has 0 bridgehead atoms. The summed E-state index contributed by atoms with van der Waals surface area (Å²) in [7, 11) is 0. The highest BCUT2D eigenvalue weighted by atomic mass is 16.6. The normalized spacial score (nSPS) is 21.5. The lowest BCUT2D eigenvalue weighted by atomic mass is 9.99. The molecule has 0 spiro atoms. The summed E-state index contributed by atoms with van der Waals surface area (Å²) in [5, 5.41) is 19.9. The Balaban J connectivity index is 2.25. The van der Waals surface area contributed by atoms with Crippen LogP contribution in [0.1, 0.15) is 24.3 Å². The first-order valence-corrected chi connectivity index (χ1v) is 6.71. The van der Waals surface area contributed by atoms with E-state index in [1.165, 1.54) is 21.7 Å². The second-order valence-electron chi connectivity index (χ2n) is 5.26. The molecule has 8 nitrogen and oxygen atoms in total. The summed E-state index contributed by atoms with van der Waals surface area (Å²) in [5.74, 6) is -2.00. The molecule has 0 aromatic carbocycles. The van der Waals surface area contributed by atoms with Crippen LogP contribution >= 0.6 is 0 Å². The Morgan fingerprint density at radius 2 is 2.14 bits per heavy atom. The Morgan fingerprint density at radius 3 is 2.62 bits per heavy atom. The number of rotatable bonds is 4. The highest BCUT2D eigenvalue weighted by Gasteiger charge is 2.38. The molecule has 2 atom stereocenters. The van der Waals surface area contributed by atoms with Gasteiger partial charge < -0.3 is 14.6 Å². The number of carbonyl (C=O) groups is 2. The number of hydrogen-bond donors (Lipinski definition) is 1. The molecule has 2 heterocycles. The fourth-order valence-electron chi connectivity index (χ4n) is 2.65. The largest absolute Gasteiger partial charge is 0.481 e. The lowest BCUT2D eigenvalue weighted by molar-refractivity contribution is -0.384. The first-order valence-electron chi connectivity index (χ1n) is 6.71. The maximum Gasteiger partial charge on any atom is 0.308 e. The molecule has 1 aromatic rings. The summed E-state index contributed by atoms with van der Waals surface area (Å²) in [6.45, 7) is 4.48. The van der Waals surface area contributed by atoms with E-state index in [1.54, 1.807) is 13.8 Å². The number of aryl methyl sites for hydroxylation is 1. The van der Waals surface area contributed by atoms with E-state index in [1.807, 2.05) is 0 Å². The second-order valence-corrected chi connectivity index (χ2v) is 5.26. The minimum atomic E-state index is -0.922. The van der Waals surface area contributed by atoms with E-state index >= 15 is 0 Å². The molecule has 0 saturated carbocycles. The van der Waals surface area contributed by atoms with Gasteiger partial charge in [-0.15, -0.1) is 0 Å². The van der Waals surface area contributed by atoms with Crippen molar-refractivity contribution in [2.75, 3.05) is 13.1 Å². The van der Waals surface area contributed by atoms with Gasteiger partial charge in [-0.25, -0.2) is 0 Å². The molecule has 0 aliphatic carbocycles. The molecule has 2 rings (SSSR count). The van der Waals surface area contributed by atoms with Crippen molar-refractivity contribution in [3.05, 3.63) is 28.1 Å². The molecule has 1 amide bonds. The SMILES string of the molecule is CCn1cc([N+](=O)[O-])cc1C(=O)N1CC(C)C(C(=O)O)C1. The number of aliphatic carboxylic acids is 1. The third-order valence-electron chi connectivity index (χ3n) is 3.87. The van der Waals surface area contributed by atoms with E-state index in [4.69, 9.17) is 5.11 Å². The summed E-state index contributed by atoms with van der Waals surface area (Å²) < 4.78 is 1.51. The van der Waals surface area contributed by atoms with Gasteiger partial charge in [-0.3, -0.25) is 19.7 Å². The quantitative estimate of drug-likeness (QED) is 0.663. The molecule has 1 N–H and O–H groups in total. The summed E-state index contributed by atoms with van der Waals surface area (Å²) in [6.07, 6.45) is 1.32. The van der Waals surface area contributed by atoms with E-state index in [9.17, 15) is 19.7 Å². The van der Waals surface area contributed by atoms with E-state index in [0.717, 1.165) is 0 Å². The van der Waals surface area contributed by atoms with Gasteiger partial charge in [0.1, 0.15) is 5.69 Å². The van der Waals surface area contributed by atoms with Crippen LogP contribution in [0.5, 0.6) is 0 Å². The van der Waals surface area contributed by atoms with Crippen molar-refractivity contribution in [1.29, 1.82) is 0 Å². The van der Waals surface area contributed by atoms with Crippen molar-refractivity contribution < 1.29 is 19.6 Å². The van der Waals surface area contributed by atoms with Crippen molar-refractivity contribution in [3.63, 3.8) is 0 Å². The fraction of sp³-hybridized carbons (Fsp3) is 0.538. The van der Waals surface area contributed by atoms with E-state index < -0.39 is 16.8 Å². The van der Waals surface area contributed by atoms with E-state index in [0.29, 0.717) is 13.1 Å². The number of carboxylic acid groups (broad SMARTS) is 1. The fourth-order valence-corrected chi connectivity index (χ4v) is 2.65. The average Bonchev–Trinajstić information content (AvgIpc) is 3.01. The third-order valence-corrected chi connectivity index (χ3v) is 3.87. The van der Waals surface area contributed by atoms with Crippen LogP contribution in [0.4, 0.5) is 5.69 Å². The molecule has 114 valence electrons. The first kappa shape index (κ1) is 15.0. The number of aromatic nitrogens is 1. The van der Waals surface area contributed by atoms with Crippen LogP contribution in [0.3, 0.4) is 0 Å². The summed E-state index contributed by atoms with van der Waals surface area (Å²) >= 11 is 0. The van der Waals surface area contributed by atoms with Crippen LogP contribution in [0.15, 0.2) is 12.3 Å². The second kappa shape index (κ2) is 5.55. The molecule has 1 aromatic heterocycles. The van der Waals surface area contributed by atoms with Crippen molar-refractivity contribution in [1.82, 2.24) is 9.47 Å². The van der Waals surface area contributed by atoms with Crippen LogP contribution in [-0.4, -0.2) is 44.5 Å². The minimum absolute atomic E-state index is 0.133. The highest BCUT2D eigenvalue weighted by Crippen LogP contribution is 2.26. The zero-order valence-electron chi connectivity index (χ0n) is 11.9. The number of hydrogen-bond acceptors (Lipinski definition) is 4. The minimum Gasteiger partial charge on any atom is -0.481 e. The van der Waals surface area contributed by atoms with Crippen molar-refractivity contribution in [2.45, 2.75) is 20.4 Å². The Hall–Kier alpha value is -2.38. The lowest BCUT2D eigenvalue weighted by Crippen LogP contribution is -2.31. The average molecular weight is 295 g/mol. The highest BCUT2D eigenvalue weighted by molar-refractivity contribution is 5.94. The van der Waals surface area contributed by atoms with E-state index in [-0.39, 0.29) is 29.8 Å². The summed E-state index contributed by atoms with van der Waals surface area (Å²) in [4.78, 5) is 35.3. The van der Waals surface area contributed by atoms with Gasteiger partial charge in [0.25, 0.3) is 11.6 Å². The molecular weight excluding hydrogens is 278 g/mol. The number of likely N-dealkylation sites (tertiary alicyclic amines) is 1. The van der Waals surface area contributed by atoms with Crippen LogP contribution in [0, 0.1) is 22.0 Å². The molecule has 0 radical (unpaired) electrons. The van der Waals surface area contributed by atoms with Gasteiger partial charge in [-0.2, -0.15) is 0 Å².